The third kappa shape index (κ3) is 2.38. The lowest BCUT2D eigenvalue weighted by Crippen LogP contribution is -2.06. The molecule has 1 atom stereocenters. The van der Waals surface area contributed by atoms with Crippen molar-refractivity contribution in [3.8, 4) is 0 Å². The van der Waals surface area contributed by atoms with Gasteiger partial charge in [-0.15, -0.1) is 0 Å². The average Bonchev–Trinajstić information content (AvgIpc) is 2.32. The Kier molecular flexibility index (Phi) is 3.26. The van der Waals surface area contributed by atoms with E-state index >= 15 is 0 Å². The minimum atomic E-state index is -1.18. The minimum Gasteiger partial charge on any atom is -0.398 e. The molecule has 0 bridgehead atoms. The molecule has 0 amide bonds. The van der Waals surface area contributed by atoms with Crippen LogP contribution < -0.4 is 5.73 Å². The number of aliphatic hydroxyl groups excluding tert-OH is 1. The molecule has 3 N–H and O–H groups in total. The highest BCUT2D eigenvalue weighted by molar-refractivity contribution is 6.30. The van der Waals surface area contributed by atoms with Crippen molar-refractivity contribution in [2.45, 2.75) is 6.10 Å². The van der Waals surface area contributed by atoms with Crippen LogP contribution in [-0.2, 0) is 0 Å². The summed E-state index contributed by atoms with van der Waals surface area (Å²) in [5.41, 5.74) is 6.48. The van der Waals surface area contributed by atoms with Crippen molar-refractivity contribution in [2.75, 3.05) is 5.73 Å². The van der Waals surface area contributed by atoms with Crippen molar-refractivity contribution in [1.29, 1.82) is 0 Å². The zero-order valence-electron chi connectivity index (χ0n) is 8.77. The molecule has 17 heavy (non-hydrogen) atoms. The van der Waals surface area contributed by atoms with Gasteiger partial charge in [0.2, 0.25) is 0 Å². The van der Waals surface area contributed by atoms with Crippen molar-refractivity contribution in [3.63, 3.8) is 0 Å². The Balaban J connectivity index is 2.47. The zero-order chi connectivity index (χ0) is 12.4. The van der Waals surface area contributed by atoms with Crippen LogP contribution in [0.2, 0.25) is 5.02 Å². The predicted octanol–water partition coefficient (Wildman–Crippen LogP) is 2.54. The Labute approximate surface area is 103 Å². The smallest absolute Gasteiger partial charge is 0.129 e. The first-order valence-electron chi connectivity index (χ1n) is 4.92. The number of halogens is 2. The number of aromatic nitrogens is 1. The Bertz CT molecular complexity index is 548. The fourth-order valence-electron chi connectivity index (χ4n) is 1.54. The molecule has 0 aliphatic heterocycles. The third-order valence-electron chi connectivity index (χ3n) is 2.43. The fourth-order valence-corrected chi connectivity index (χ4v) is 1.72. The van der Waals surface area contributed by atoms with Crippen LogP contribution in [0.5, 0.6) is 0 Å². The van der Waals surface area contributed by atoms with E-state index in [-0.39, 0.29) is 5.56 Å². The van der Waals surface area contributed by atoms with Crippen molar-refractivity contribution in [1.82, 2.24) is 4.98 Å². The van der Waals surface area contributed by atoms with Gasteiger partial charge in [-0.1, -0.05) is 11.6 Å². The molecule has 1 aromatic carbocycles. The molecule has 1 aromatic heterocycles. The van der Waals surface area contributed by atoms with Gasteiger partial charge < -0.3 is 10.8 Å². The van der Waals surface area contributed by atoms with Gasteiger partial charge in [0.1, 0.15) is 11.9 Å². The Morgan fingerprint density at radius 3 is 2.76 bits per heavy atom. The van der Waals surface area contributed by atoms with Gasteiger partial charge in [0.15, 0.2) is 0 Å². The molecule has 0 spiro atoms. The van der Waals surface area contributed by atoms with E-state index in [9.17, 15) is 9.50 Å². The van der Waals surface area contributed by atoms with Gasteiger partial charge >= 0.3 is 0 Å². The van der Waals surface area contributed by atoms with E-state index < -0.39 is 11.9 Å². The van der Waals surface area contributed by atoms with E-state index in [0.717, 1.165) is 0 Å². The number of nitrogen functional groups attached to an aromatic ring is 1. The number of anilines is 1. The van der Waals surface area contributed by atoms with Crippen molar-refractivity contribution < 1.29 is 9.50 Å². The monoisotopic (exact) mass is 252 g/mol. The van der Waals surface area contributed by atoms with Crippen LogP contribution in [-0.4, -0.2) is 10.1 Å². The largest absolute Gasteiger partial charge is 0.398 e. The minimum absolute atomic E-state index is 0.0807. The van der Waals surface area contributed by atoms with Crippen LogP contribution in [0.15, 0.2) is 36.7 Å². The molecule has 0 fully saturated rings. The number of hydrogen-bond acceptors (Lipinski definition) is 3. The summed E-state index contributed by atoms with van der Waals surface area (Å²) >= 11 is 5.76. The van der Waals surface area contributed by atoms with Gasteiger partial charge in [-0.25, -0.2) is 4.39 Å². The maximum Gasteiger partial charge on any atom is 0.129 e. The van der Waals surface area contributed by atoms with Gasteiger partial charge in [0.25, 0.3) is 0 Å². The number of benzene rings is 1. The van der Waals surface area contributed by atoms with Crippen LogP contribution >= 0.6 is 11.6 Å². The summed E-state index contributed by atoms with van der Waals surface area (Å²) in [6.45, 7) is 0. The summed E-state index contributed by atoms with van der Waals surface area (Å²) in [7, 11) is 0. The maximum atomic E-state index is 13.6. The lowest BCUT2D eigenvalue weighted by atomic mass is 10.0. The second kappa shape index (κ2) is 4.69. The number of hydrogen-bond donors (Lipinski definition) is 2. The molecule has 1 unspecified atom stereocenters. The van der Waals surface area contributed by atoms with Crippen LogP contribution in [0, 0.1) is 5.82 Å². The van der Waals surface area contributed by atoms with Crippen LogP contribution in [0.25, 0.3) is 0 Å². The van der Waals surface area contributed by atoms with Crippen LogP contribution in [0.1, 0.15) is 17.2 Å². The summed E-state index contributed by atoms with van der Waals surface area (Å²) in [6, 6.07) is 5.53. The van der Waals surface area contributed by atoms with E-state index in [1.807, 2.05) is 0 Å². The van der Waals surface area contributed by atoms with Crippen molar-refractivity contribution in [2.24, 2.45) is 0 Å². The van der Waals surface area contributed by atoms with E-state index in [0.29, 0.717) is 16.3 Å². The molecule has 0 saturated heterocycles. The molecule has 88 valence electrons. The Morgan fingerprint density at radius 2 is 2.06 bits per heavy atom. The number of aliphatic hydroxyl groups is 1. The standard InChI is InChI=1S/C12H10ClFN2O/c13-7-1-2-10(14)8(5-7)12(17)9-6-16-4-3-11(9)15/h1-6,12,17H,(H2,15,16). The predicted molar refractivity (Wildman–Crippen MR) is 64.1 cm³/mol. The molecule has 2 aromatic rings. The van der Waals surface area contributed by atoms with Crippen LogP contribution in [0.3, 0.4) is 0 Å². The summed E-state index contributed by atoms with van der Waals surface area (Å²) in [5, 5.41) is 10.4. The normalized spacial score (nSPS) is 12.4. The Morgan fingerprint density at radius 1 is 1.29 bits per heavy atom. The van der Waals surface area contributed by atoms with Gasteiger partial charge in [-0.3, -0.25) is 4.98 Å². The highest BCUT2D eigenvalue weighted by atomic mass is 35.5. The first kappa shape index (κ1) is 11.8. The third-order valence-corrected chi connectivity index (χ3v) is 2.67. The quantitative estimate of drug-likeness (QED) is 0.864. The number of nitrogens with zero attached hydrogens (tertiary/aromatic N) is 1. The van der Waals surface area contributed by atoms with E-state index in [4.69, 9.17) is 17.3 Å². The van der Waals surface area contributed by atoms with E-state index in [1.165, 1.54) is 30.6 Å². The van der Waals surface area contributed by atoms with E-state index in [1.54, 1.807) is 6.07 Å². The first-order chi connectivity index (χ1) is 8.09. The number of nitrogens with two attached hydrogens (primary N) is 1. The second-order valence-electron chi connectivity index (χ2n) is 3.57. The molecule has 0 aliphatic rings. The molecular weight excluding hydrogens is 243 g/mol. The lowest BCUT2D eigenvalue weighted by molar-refractivity contribution is 0.215. The number of rotatable bonds is 2. The summed E-state index contributed by atoms with van der Waals surface area (Å²) < 4.78 is 13.6. The topological polar surface area (TPSA) is 59.1 Å². The summed E-state index contributed by atoms with van der Waals surface area (Å²) in [4.78, 5) is 3.85. The highest BCUT2D eigenvalue weighted by Crippen LogP contribution is 2.29. The molecule has 2 rings (SSSR count). The first-order valence-corrected chi connectivity index (χ1v) is 5.30. The molecule has 0 saturated carbocycles. The van der Waals surface area contributed by atoms with Gasteiger partial charge in [-0.05, 0) is 24.3 Å². The van der Waals surface area contributed by atoms with Gasteiger partial charge in [-0.2, -0.15) is 0 Å². The Hall–Kier alpha value is -1.65. The molecule has 0 aliphatic carbocycles. The summed E-state index contributed by atoms with van der Waals surface area (Å²) in [6.07, 6.45) is 1.72. The van der Waals surface area contributed by atoms with E-state index in [2.05, 4.69) is 4.98 Å². The lowest BCUT2D eigenvalue weighted by Gasteiger charge is -2.14. The second-order valence-corrected chi connectivity index (χ2v) is 4.01. The molecule has 5 heteroatoms. The highest BCUT2D eigenvalue weighted by Gasteiger charge is 2.17. The molecule has 1 heterocycles. The average molecular weight is 253 g/mol. The maximum absolute atomic E-state index is 13.6. The van der Waals surface area contributed by atoms with Gasteiger partial charge in [0.05, 0.1) is 0 Å². The molecule has 0 radical (unpaired) electrons. The summed E-state index contributed by atoms with van der Waals surface area (Å²) in [5.74, 6) is -0.537. The zero-order valence-corrected chi connectivity index (χ0v) is 9.53. The fraction of sp³-hybridized carbons (Fsp3) is 0.0833. The van der Waals surface area contributed by atoms with Gasteiger partial charge in [0, 0.05) is 34.2 Å². The molecular formula is C12H10ClFN2O. The number of pyridine rings is 1. The van der Waals surface area contributed by atoms with Crippen molar-refractivity contribution in [3.05, 3.63) is 58.6 Å². The SMILES string of the molecule is Nc1ccncc1C(O)c1cc(Cl)ccc1F. The van der Waals surface area contributed by atoms with Crippen LogP contribution in [0.4, 0.5) is 10.1 Å². The molecule has 3 nitrogen and oxygen atoms in total. The van der Waals surface area contributed by atoms with Crippen molar-refractivity contribution >= 4 is 17.3 Å².